The van der Waals surface area contributed by atoms with Crippen LogP contribution in [-0.4, -0.2) is 32.8 Å². The molecule has 0 fully saturated rings. The zero-order chi connectivity index (χ0) is 28.9. The maximum absolute atomic E-state index is 13.0. The summed E-state index contributed by atoms with van der Waals surface area (Å²) in [4.78, 5) is 41.1. The van der Waals surface area contributed by atoms with Crippen LogP contribution < -0.4 is 5.32 Å². The lowest BCUT2D eigenvalue weighted by Gasteiger charge is -2.14. The van der Waals surface area contributed by atoms with Crippen LogP contribution in [-0.2, 0) is 6.54 Å². The number of carbonyl (C=O) groups is 3. The summed E-state index contributed by atoms with van der Waals surface area (Å²) in [5.41, 5.74) is 5.68. The Balaban J connectivity index is 1.49. The van der Waals surface area contributed by atoms with E-state index >= 15 is 0 Å². The number of aldehydes is 1. The van der Waals surface area contributed by atoms with E-state index in [2.05, 4.69) is 32.7 Å². The van der Waals surface area contributed by atoms with Gasteiger partial charge in [-0.3, -0.25) is 9.59 Å². The standard InChI is InChI=1S/C33H28BrN3O4/c1-2-7-28(34)31-36-29-17-16-24(35-32(39)26-10-4-3-8-23(26)20-38)18-30(29)37(31)19-21-12-14-22(15-13-21)25-9-5-6-11-27(25)33(40)41/h3-6,8-18,20,28H,2,7,19H2,1H3,(H,35,39)(H,40,41). The first-order valence-electron chi connectivity index (χ1n) is 13.3. The van der Waals surface area contributed by atoms with E-state index in [9.17, 15) is 19.5 Å². The normalized spacial score (nSPS) is 11.8. The number of halogens is 1. The van der Waals surface area contributed by atoms with Gasteiger partial charge < -0.3 is 15.0 Å². The summed E-state index contributed by atoms with van der Waals surface area (Å²) in [5, 5.41) is 12.5. The molecule has 5 rings (SSSR count). The van der Waals surface area contributed by atoms with Crippen molar-refractivity contribution in [1.29, 1.82) is 0 Å². The van der Waals surface area contributed by atoms with Crippen molar-refractivity contribution in [2.75, 3.05) is 5.32 Å². The minimum atomic E-state index is -0.962. The van der Waals surface area contributed by atoms with E-state index < -0.39 is 5.97 Å². The summed E-state index contributed by atoms with van der Waals surface area (Å²) < 4.78 is 2.14. The first-order chi connectivity index (χ1) is 19.9. The van der Waals surface area contributed by atoms with Gasteiger partial charge in [-0.1, -0.05) is 89.9 Å². The number of carbonyl (C=O) groups excluding carboxylic acids is 2. The van der Waals surface area contributed by atoms with Gasteiger partial charge in [0.15, 0.2) is 6.29 Å². The van der Waals surface area contributed by atoms with Gasteiger partial charge >= 0.3 is 5.97 Å². The summed E-state index contributed by atoms with van der Waals surface area (Å²) in [7, 11) is 0. The number of carboxylic acids is 1. The number of hydrogen-bond acceptors (Lipinski definition) is 4. The van der Waals surface area contributed by atoms with Crippen molar-refractivity contribution in [3.63, 3.8) is 0 Å². The summed E-state index contributed by atoms with van der Waals surface area (Å²) in [6.07, 6.45) is 2.56. The molecular formula is C33H28BrN3O4. The quantitative estimate of drug-likeness (QED) is 0.124. The molecule has 2 N–H and O–H groups in total. The molecule has 0 saturated heterocycles. The molecule has 0 radical (unpaired) electrons. The highest BCUT2D eigenvalue weighted by molar-refractivity contribution is 9.09. The molecule has 0 saturated carbocycles. The largest absolute Gasteiger partial charge is 0.478 e. The fourth-order valence-electron chi connectivity index (χ4n) is 4.91. The fourth-order valence-corrected chi connectivity index (χ4v) is 5.71. The van der Waals surface area contributed by atoms with Gasteiger partial charge in [-0.2, -0.15) is 0 Å². The van der Waals surface area contributed by atoms with Gasteiger partial charge in [-0.05, 0) is 53.4 Å². The second-order valence-corrected chi connectivity index (χ2v) is 10.8. The monoisotopic (exact) mass is 609 g/mol. The minimum absolute atomic E-state index is 0.0409. The van der Waals surface area contributed by atoms with Gasteiger partial charge in [-0.25, -0.2) is 9.78 Å². The Kier molecular flexibility index (Phi) is 8.40. The number of rotatable bonds is 10. The van der Waals surface area contributed by atoms with Gasteiger partial charge in [0, 0.05) is 17.8 Å². The number of imidazole rings is 1. The summed E-state index contributed by atoms with van der Waals surface area (Å²) in [6.45, 7) is 2.66. The number of nitrogens with zero attached hydrogens (tertiary/aromatic N) is 2. The van der Waals surface area contributed by atoms with Crippen LogP contribution in [0.25, 0.3) is 22.2 Å². The predicted molar refractivity (Wildman–Crippen MR) is 164 cm³/mol. The van der Waals surface area contributed by atoms with Gasteiger partial charge in [0.05, 0.1) is 27.0 Å². The smallest absolute Gasteiger partial charge is 0.336 e. The Labute approximate surface area is 246 Å². The van der Waals surface area contributed by atoms with Crippen LogP contribution in [0.3, 0.4) is 0 Å². The molecule has 0 aliphatic heterocycles. The van der Waals surface area contributed by atoms with E-state index in [-0.39, 0.29) is 16.3 Å². The molecule has 4 aromatic carbocycles. The number of nitrogens with one attached hydrogen (secondary N) is 1. The zero-order valence-corrected chi connectivity index (χ0v) is 24.0. The van der Waals surface area contributed by atoms with Crippen LogP contribution in [0.5, 0.6) is 0 Å². The van der Waals surface area contributed by atoms with Crippen LogP contribution in [0.2, 0.25) is 0 Å². The van der Waals surface area contributed by atoms with Crippen molar-refractivity contribution in [1.82, 2.24) is 9.55 Å². The van der Waals surface area contributed by atoms with Gasteiger partial charge in [0.2, 0.25) is 0 Å². The van der Waals surface area contributed by atoms with E-state index in [1.807, 2.05) is 54.6 Å². The summed E-state index contributed by atoms with van der Waals surface area (Å²) in [5.74, 6) is -0.437. The van der Waals surface area contributed by atoms with E-state index in [1.54, 1.807) is 36.4 Å². The van der Waals surface area contributed by atoms with Crippen molar-refractivity contribution in [2.24, 2.45) is 0 Å². The second-order valence-electron chi connectivity index (χ2n) is 9.72. The lowest BCUT2D eigenvalue weighted by Crippen LogP contribution is -2.14. The molecule has 1 atom stereocenters. The Morgan fingerprint density at radius 3 is 2.39 bits per heavy atom. The first-order valence-corrected chi connectivity index (χ1v) is 14.2. The van der Waals surface area contributed by atoms with E-state index in [1.165, 1.54) is 0 Å². The van der Waals surface area contributed by atoms with Gasteiger partial charge in [-0.15, -0.1) is 0 Å². The Morgan fingerprint density at radius 1 is 0.976 bits per heavy atom. The van der Waals surface area contributed by atoms with Crippen LogP contribution in [0.1, 0.15) is 67.1 Å². The first kappa shape index (κ1) is 28.0. The number of anilines is 1. The SMILES string of the molecule is CCCC(Br)c1nc2ccc(NC(=O)c3ccccc3C=O)cc2n1Cc1ccc(-c2ccccc2C(=O)O)cc1. The topological polar surface area (TPSA) is 101 Å². The molecule has 0 aliphatic carbocycles. The number of alkyl halides is 1. The average molecular weight is 611 g/mol. The maximum Gasteiger partial charge on any atom is 0.336 e. The van der Waals surface area contributed by atoms with Crippen molar-refractivity contribution in [3.05, 3.63) is 119 Å². The summed E-state index contributed by atoms with van der Waals surface area (Å²) in [6, 6.07) is 27.1. The molecule has 1 aromatic heterocycles. The molecule has 1 amide bonds. The highest BCUT2D eigenvalue weighted by Crippen LogP contribution is 2.32. The van der Waals surface area contributed by atoms with Gasteiger partial charge in [0.25, 0.3) is 5.91 Å². The third-order valence-corrected chi connectivity index (χ3v) is 7.82. The Morgan fingerprint density at radius 2 is 1.68 bits per heavy atom. The fraction of sp³-hybridized carbons (Fsp3) is 0.152. The summed E-state index contributed by atoms with van der Waals surface area (Å²) >= 11 is 3.82. The Bertz CT molecular complexity index is 1740. The number of benzene rings is 4. The molecule has 7 nitrogen and oxygen atoms in total. The van der Waals surface area contributed by atoms with Crippen LogP contribution in [0, 0.1) is 0 Å². The minimum Gasteiger partial charge on any atom is -0.478 e. The van der Waals surface area contributed by atoms with E-state index in [4.69, 9.17) is 4.98 Å². The van der Waals surface area contributed by atoms with Crippen molar-refractivity contribution in [3.8, 4) is 11.1 Å². The van der Waals surface area contributed by atoms with E-state index in [0.717, 1.165) is 40.8 Å². The van der Waals surface area contributed by atoms with Crippen LogP contribution in [0.4, 0.5) is 5.69 Å². The number of fused-ring (bicyclic) bond motifs is 1. The van der Waals surface area contributed by atoms with Crippen LogP contribution in [0.15, 0.2) is 91.0 Å². The molecule has 5 aromatic rings. The highest BCUT2D eigenvalue weighted by Gasteiger charge is 2.19. The lowest BCUT2D eigenvalue weighted by atomic mass is 9.99. The molecule has 1 unspecified atom stereocenters. The maximum atomic E-state index is 13.0. The Hall–Kier alpha value is -4.56. The number of aromatic nitrogens is 2. The van der Waals surface area contributed by atoms with Crippen molar-refractivity contribution in [2.45, 2.75) is 31.1 Å². The molecule has 1 heterocycles. The number of amides is 1. The molecular weight excluding hydrogens is 582 g/mol. The van der Waals surface area contributed by atoms with Crippen molar-refractivity contribution < 1.29 is 19.5 Å². The number of aromatic carboxylic acids is 1. The number of hydrogen-bond donors (Lipinski definition) is 2. The molecule has 206 valence electrons. The molecule has 0 bridgehead atoms. The molecule has 41 heavy (non-hydrogen) atoms. The predicted octanol–water partition coefficient (Wildman–Crippen LogP) is 7.75. The second kappa shape index (κ2) is 12.3. The molecule has 0 spiro atoms. The molecule has 8 heteroatoms. The molecule has 0 aliphatic rings. The lowest BCUT2D eigenvalue weighted by molar-refractivity contribution is 0.0697. The third-order valence-electron chi connectivity index (χ3n) is 6.95. The highest BCUT2D eigenvalue weighted by atomic mass is 79.9. The van der Waals surface area contributed by atoms with Crippen molar-refractivity contribution >= 4 is 50.8 Å². The number of carboxylic acid groups (broad SMARTS) is 1. The van der Waals surface area contributed by atoms with Gasteiger partial charge in [0.1, 0.15) is 5.82 Å². The van der Waals surface area contributed by atoms with Crippen LogP contribution >= 0.6 is 15.9 Å². The van der Waals surface area contributed by atoms with E-state index in [0.29, 0.717) is 35.2 Å². The third kappa shape index (κ3) is 5.98. The average Bonchev–Trinajstić information content (AvgIpc) is 3.35. The zero-order valence-electron chi connectivity index (χ0n) is 22.4.